The number of aromatic nitrogens is 2. The van der Waals surface area contributed by atoms with Crippen LogP contribution in [0.4, 0.5) is 5.82 Å². The molecule has 0 amide bonds. The zero-order valence-electron chi connectivity index (χ0n) is 11.0. The first kappa shape index (κ1) is 13.4. The predicted molar refractivity (Wildman–Crippen MR) is 78.0 cm³/mol. The van der Waals surface area contributed by atoms with Crippen LogP contribution >= 0.6 is 23.2 Å². The van der Waals surface area contributed by atoms with Gasteiger partial charge in [0.2, 0.25) is 5.28 Å². The Morgan fingerprint density at radius 3 is 2.95 bits per heavy atom. The van der Waals surface area contributed by atoms with Crippen molar-refractivity contribution in [3.63, 3.8) is 0 Å². The van der Waals surface area contributed by atoms with Crippen LogP contribution in [0.3, 0.4) is 0 Å². The van der Waals surface area contributed by atoms with Crippen molar-refractivity contribution in [3.05, 3.63) is 16.5 Å². The Morgan fingerprint density at radius 1 is 1.26 bits per heavy atom. The molecule has 2 unspecified atom stereocenters. The Balaban J connectivity index is 1.79. The third-order valence-corrected chi connectivity index (χ3v) is 4.79. The summed E-state index contributed by atoms with van der Waals surface area (Å²) in [5, 5.41) is 0.856. The fraction of sp³-hybridized carbons (Fsp3) is 0.692. The number of anilines is 1. The summed E-state index contributed by atoms with van der Waals surface area (Å²) in [4.78, 5) is 13.0. The molecule has 2 atom stereocenters. The Labute approximate surface area is 123 Å². The third-order valence-electron chi connectivity index (χ3n) is 4.34. The minimum absolute atomic E-state index is 0.266. The first-order valence-electron chi connectivity index (χ1n) is 6.78. The molecule has 19 heavy (non-hydrogen) atoms. The van der Waals surface area contributed by atoms with Crippen LogP contribution in [0.5, 0.6) is 0 Å². The lowest BCUT2D eigenvalue weighted by atomic mass is 9.84. The van der Waals surface area contributed by atoms with Gasteiger partial charge in [-0.1, -0.05) is 11.6 Å². The maximum Gasteiger partial charge on any atom is 0.224 e. The average Bonchev–Trinajstić information content (AvgIpc) is 2.41. The smallest absolute Gasteiger partial charge is 0.224 e. The maximum absolute atomic E-state index is 6.20. The second-order valence-electron chi connectivity index (χ2n) is 5.50. The molecule has 4 nitrogen and oxygen atoms in total. The molecule has 0 saturated carbocycles. The molecule has 3 rings (SSSR count). The molecule has 6 heteroatoms. The van der Waals surface area contributed by atoms with Gasteiger partial charge in [-0.15, -0.1) is 0 Å². The van der Waals surface area contributed by atoms with Gasteiger partial charge in [0.15, 0.2) is 5.82 Å². The monoisotopic (exact) mass is 300 g/mol. The van der Waals surface area contributed by atoms with Crippen LogP contribution in [0.1, 0.15) is 19.3 Å². The highest BCUT2D eigenvalue weighted by Gasteiger charge is 2.35. The van der Waals surface area contributed by atoms with Crippen molar-refractivity contribution in [1.29, 1.82) is 0 Å². The Bertz CT molecular complexity index is 468. The number of nitrogens with zero attached hydrogens (tertiary/aromatic N) is 4. The molecule has 1 aromatic heterocycles. The topological polar surface area (TPSA) is 32.3 Å². The van der Waals surface area contributed by atoms with Gasteiger partial charge in [0.25, 0.3) is 0 Å². The van der Waals surface area contributed by atoms with Gasteiger partial charge in [-0.05, 0) is 50.4 Å². The summed E-state index contributed by atoms with van der Waals surface area (Å²) >= 11 is 12.1. The summed E-state index contributed by atoms with van der Waals surface area (Å²) in [7, 11) is 2.24. The quantitative estimate of drug-likeness (QED) is 0.747. The van der Waals surface area contributed by atoms with Gasteiger partial charge >= 0.3 is 0 Å². The first-order valence-corrected chi connectivity index (χ1v) is 7.54. The van der Waals surface area contributed by atoms with E-state index in [9.17, 15) is 0 Å². The van der Waals surface area contributed by atoms with Crippen LogP contribution in [0, 0.1) is 5.92 Å². The molecule has 0 bridgehead atoms. The third kappa shape index (κ3) is 2.67. The van der Waals surface area contributed by atoms with Crippen LogP contribution in [-0.2, 0) is 0 Å². The van der Waals surface area contributed by atoms with E-state index >= 15 is 0 Å². The van der Waals surface area contributed by atoms with E-state index in [0.717, 1.165) is 18.9 Å². The number of fused-ring (bicyclic) bond motifs is 1. The molecule has 104 valence electrons. The highest BCUT2D eigenvalue weighted by Crippen LogP contribution is 2.33. The van der Waals surface area contributed by atoms with E-state index in [1.807, 2.05) is 0 Å². The molecule has 3 heterocycles. The van der Waals surface area contributed by atoms with Crippen molar-refractivity contribution in [1.82, 2.24) is 14.9 Å². The molecule has 0 N–H and O–H groups in total. The lowest BCUT2D eigenvalue weighted by Crippen LogP contribution is -2.53. The van der Waals surface area contributed by atoms with Crippen molar-refractivity contribution in [2.75, 3.05) is 31.6 Å². The largest absolute Gasteiger partial charge is 0.355 e. The number of piperidine rings is 2. The summed E-state index contributed by atoms with van der Waals surface area (Å²) in [5.41, 5.74) is 0. The Hall–Kier alpha value is -0.580. The summed E-state index contributed by atoms with van der Waals surface area (Å²) in [6, 6.07) is 0.709. The normalized spacial score (nSPS) is 28.3. The molecule has 2 saturated heterocycles. The summed E-state index contributed by atoms with van der Waals surface area (Å²) in [6.07, 6.45) is 5.33. The zero-order valence-corrected chi connectivity index (χ0v) is 12.5. The Morgan fingerprint density at radius 2 is 2.11 bits per heavy atom. The molecular formula is C13H18Cl2N4. The summed E-state index contributed by atoms with van der Waals surface area (Å²) < 4.78 is 0. The minimum Gasteiger partial charge on any atom is -0.355 e. The predicted octanol–water partition coefficient (Wildman–Crippen LogP) is 2.70. The van der Waals surface area contributed by atoms with Crippen molar-refractivity contribution in [2.24, 2.45) is 5.92 Å². The minimum atomic E-state index is 0.266. The van der Waals surface area contributed by atoms with Gasteiger partial charge in [-0.25, -0.2) is 4.98 Å². The van der Waals surface area contributed by atoms with Crippen molar-refractivity contribution in [2.45, 2.75) is 25.3 Å². The van der Waals surface area contributed by atoms with E-state index in [4.69, 9.17) is 23.2 Å². The van der Waals surface area contributed by atoms with E-state index in [0.29, 0.717) is 17.0 Å². The van der Waals surface area contributed by atoms with Gasteiger partial charge in [0.05, 0.1) is 6.20 Å². The van der Waals surface area contributed by atoms with E-state index in [-0.39, 0.29) is 5.28 Å². The van der Waals surface area contributed by atoms with Crippen LogP contribution in [0.25, 0.3) is 0 Å². The first-order chi connectivity index (χ1) is 9.15. The molecule has 0 radical (unpaired) electrons. The second kappa shape index (κ2) is 5.43. The second-order valence-corrected chi connectivity index (χ2v) is 6.24. The van der Waals surface area contributed by atoms with Gasteiger partial charge in [-0.3, -0.25) is 0 Å². The average molecular weight is 301 g/mol. The van der Waals surface area contributed by atoms with Crippen molar-refractivity contribution in [3.8, 4) is 0 Å². The number of hydrogen-bond donors (Lipinski definition) is 0. The van der Waals surface area contributed by atoms with E-state index in [1.165, 1.54) is 25.8 Å². The van der Waals surface area contributed by atoms with Gasteiger partial charge in [0, 0.05) is 19.1 Å². The molecule has 0 aromatic carbocycles. The lowest BCUT2D eigenvalue weighted by Gasteiger charge is -2.46. The van der Waals surface area contributed by atoms with Crippen LogP contribution in [-0.4, -0.2) is 47.6 Å². The molecule has 0 spiro atoms. The fourth-order valence-corrected chi connectivity index (χ4v) is 3.74. The SMILES string of the molecule is CN1CCCC2CN(c3nc(Cl)ncc3Cl)CCC21. The summed E-state index contributed by atoms with van der Waals surface area (Å²) in [5.74, 6) is 1.49. The standard InChI is InChI=1S/C13H18Cl2N4/c1-18-5-2-3-9-8-19(6-4-11(9)18)12-10(14)7-16-13(15)17-12/h7,9,11H,2-6,8H2,1H3. The lowest BCUT2D eigenvalue weighted by molar-refractivity contribution is 0.102. The molecule has 1 aromatic rings. The van der Waals surface area contributed by atoms with E-state index < -0.39 is 0 Å². The van der Waals surface area contributed by atoms with Crippen molar-refractivity contribution >= 4 is 29.0 Å². The van der Waals surface area contributed by atoms with E-state index in [1.54, 1.807) is 6.20 Å². The molecular weight excluding hydrogens is 283 g/mol. The van der Waals surface area contributed by atoms with Gasteiger partial charge < -0.3 is 9.80 Å². The van der Waals surface area contributed by atoms with E-state index in [2.05, 4.69) is 26.8 Å². The molecule has 0 aliphatic carbocycles. The van der Waals surface area contributed by atoms with Crippen molar-refractivity contribution < 1.29 is 0 Å². The number of rotatable bonds is 1. The number of likely N-dealkylation sites (tertiary alicyclic amines) is 1. The number of halogens is 2. The fourth-order valence-electron chi connectivity index (χ4n) is 3.40. The van der Waals surface area contributed by atoms with Crippen LogP contribution < -0.4 is 4.90 Å². The molecule has 2 aliphatic rings. The zero-order chi connectivity index (χ0) is 13.4. The van der Waals surface area contributed by atoms with Crippen LogP contribution in [0.15, 0.2) is 6.20 Å². The Kier molecular flexibility index (Phi) is 3.83. The number of hydrogen-bond acceptors (Lipinski definition) is 4. The molecule has 2 aliphatic heterocycles. The summed E-state index contributed by atoms with van der Waals surface area (Å²) in [6.45, 7) is 3.22. The highest BCUT2D eigenvalue weighted by molar-refractivity contribution is 6.33. The van der Waals surface area contributed by atoms with Gasteiger partial charge in [0.1, 0.15) is 5.02 Å². The molecule has 2 fully saturated rings. The maximum atomic E-state index is 6.20. The highest BCUT2D eigenvalue weighted by atomic mass is 35.5. The van der Waals surface area contributed by atoms with Gasteiger partial charge in [-0.2, -0.15) is 4.98 Å². The van der Waals surface area contributed by atoms with Crippen LogP contribution in [0.2, 0.25) is 10.3 Å².